The predicted octanol–water partition coefficient (Wildman–Crippen LogP) is 7.34. The van der Waals surface area contributed by atoms with E-state index >= 15 is 0 Å². The smallest absolute Gasteiger partial charge is 0.0900 e. The van der Waals surface area contributed by atoms with E-state index in [2.05, 4.69) is 33.1 Å². The van der Waals surface area contributed by atoms with Crippen LogP contribution in [0.15, 0.2) is 77.9 Å². The minimum atomic E-state index is 0.337. The molecular formula is C28H23Cl2N5. The highest BCUT2D eigenvalue weighted by atomic mass is 35.5. The van der Waals surface area contributed by atoms with Crippen LogP contribution < -0.4 is 10.7 Å². The van der Waals surface area contributed by atoms with Crippen LogP contribution in [0.2, 0.25) is 10.0 Å². The van der Waals surface area contributed by atoms with E-state index in [1.165, 1.54) is 6.42 Å². The number of benzene rings is 3. The van der Waals surface area contributed by atoms with Crippen molar-refractivity contribution in [2.75, 3.05) is 5.32 Å². The van der Waals surface area contributed by atoms with E-state index in [1.807, 2.05) is 49.4 Å². The van der Waals surface area contributed by atoms with E-state index in [-0.39, 0.29) is 0 Å². The Labute approximate surface area is 213 Å². The second-order valence-electron chi connectivity index (χ2n) is 8.86. The normalized spacial score (nSPS) is 14.4. The molecule has 1 aromatic heterocycles. The molecule has 1 N–H and O–H groups in total. The van der Waals surface area contributed by atoms with Crippen LogP contribution in [0.1, 0.15) is 25.0 Å². The SMILES string of the molecule is Cc1ncccc1Nc1cc2nc3ccccc3n(-c3ccc(Cl)cc3Cl)c-2c/c1=N\C1CCC1. The lowest BCUT2D eigenvalue weighted by atomic mass is 9.94. The van der Waals surface area contributed by atoms with E-state index < -0.39 is 0 Å². The van der Waals surface area contributed by atoms with Gasteiger partial charge in [0.15, 0.2) is 0 Å². The summed E-state index contributed by atoms with van der Waals surface area (Å²) in [7, 11) is 0. The van der Waals surface area contributed by atoms with E-state index in [0.29, 0.717) is 16.1 Å². The standard InChI is InChI=1S/C28H23Cl2N5/c1-17-21(9-5-13-31-17)33-23-15-25-28(16-24(23)32-19-6-4-7-19)35(26-12-11-18(29)14-20(26)30)27-10-3-2-8-22(27)34-25/h2-3,5,8-16,19,33H,4,6-7H2,1H3/b32-24+. The van der Waals surface area contributed by atoms with E-state index in [1.54, 1.807) is 12.3 Å². The van der Waals surface area contributed by atoms with Gasteiger partial charge in [-0.15, -0.1) is 0 Å². The summed E-state index contributed by atoms with van der Waals surface area (Å²) in [5, 5.41) is 5.64. The van der Waals surface area contributed by atoms with Gasteiger partial charge in [-0.05, 0) is 80.8 Å². The number of hydrogen-bond acceptors (Lipinski definition) is 4. The quantitative estimate of drug-likeness (QED) is 0.263. The number of fused-ring (bicyclic) bond motifs is 2. The van der Waals surface area contributed by atoms with Crippen LogP contribution >= 0.6 is 23.2 Å². The largest absolute Gasteiger partial charge is 0.352 e. The number of aromatic nitrogens is 3. The first kappa shape index (κ1) is 22.1. The number of para-hydroxylation sites is 2. The number of aryl methyl sites for hydroxylation is 1. The van der Waals surface area contributed by atoms with Crippen molar-refractivity contribution in [3.8, 4) is 17.1 Å². The van der Waals surface area contributed by atoms with Gasteiger partial charge in [-0.2, -0.15) is 0 Å². The number of hydrogen-bond donors (Lipinski definition) is 1. The van der Waals surface area contributed by atoms with Crippen molar-refractivity contribution in [1.82, 2.24) is 14.5 Å². The summed E-state index contributed by atoms with van der Waals surface area (Å²) in [5.74, 6) is 0. The number of halogens is 2. The average Bonchev–Trinajstić information content (AvgIpc) is 2.82. The van der Waals surface area contributed by atoms with E-state index in [0.717, 1.165) is 63.4 Å². The fourth-order valence-electron chi connectivity index (χ4n) is 4.44. The molecule has 0 amide bonds. The predicted molar refractivity (Wildman–Crippen MR) is 143 cm³/mol. The molecule has 0 radical (unpaired) electrons. The summed E-state index contributed by atoms with van der Waals surface area (Å²) in [6.07, 6.45) is 5.25. The number of rotatable bonds is 4. The Bertz CT molecular complexity index is 1600. The number of nitrogens with one attached hydrogen (secondary N) is 1. The van der Waals surface area contributed by atoms with E-state index in [9.17, 15) is 0 Å². The molecular weight excluding hydrogens is 477 g/mol. The molecule has 2 aliphatic carbocycles. The maximum Gasteiger partial charge on any atom is 0.0900 e. The van der Waals surface area contributed by atoms with Crippen LogP contribution in [0, 0.1) is 6.92 Å². The van der Waals surface area contributed by atoms with Crippen LogP contribution in [0.3, 0.4) is 0 Å². The molecule has 0 spiro atoms. The Morgan fingerprint density at radius 2 is 1.83 bits per heavy atom. The number of nitrogens with zero attached hydrogens (tertiary/aromatic N) is 4. The Balaban J connectivity index is 1.66. The fourth-order valence-corrected chi connectivity index (χ4v) is 4.94. The third kappa shape index (κ3) is 4.15. The number of pyridine rings is 1. The summed E-state index contributed by atoms with van der Waals surface area (Å²) in [4.78, 5) is 14.5. The molecule has 0 atom stereocenters. The van der Waals surface area contributed by atoms with Gasteiger partial charge in [-0.25, -0.2) is 4.98 Å². The van der Waals surface area contributed by atoms with Crippen molar-refractivity contribution in [2.45, 2.75) is 32.2 Å². The molecule has 3 aliphatic rings. The fraction of sp³-hybridized carbons (Fsp3) is 0.179. The number of anilines is 2. The summed E-state index contributed by atoms with van der Waals surface area (Å²) in [6, 6.07) is 22.1. The third-order valence-electron chi connectivity index (χ3n) is 6.52. The summed E-state index contributed by atoms with van der Waals surface area (Å²) in [6.45, 7) is 1.99. The van der Waals surface area contributed by atoms with Gasteiger partial charge in [-0.1, -0.05) is 35.3 Å². The molecule has 6 rings (SSSR count). The second kappa shape index (κ2) is 8.99. The van der Waals surface area contributed by atoms with Crippen LogP contribution in [-0.2, 0) is 0 Å². The Morgan fingerprint density at radius 3 is 2.60 bits per heavy atom. The van der Waals surface area contributed by atoms with Gasteiger partial charge in [0.2, 0.25) is 0 Å². The van der Waals surface area contributed by atoms with Gasteiger partial charge in [0.25, 0.3) is 0 Å². The van der Waals surface area contributed by atoms with Gasteiger partial charge in [0, 0.05) is 11.2 Å². The maximum atomic E-state index is 6.71. The lowest BCUT2D eigenvalue weighted by molar-refractivity contribution is 0.413. The summed E-state index contributed by atoms with van der Waals surface area (Å²) >= 11 is 12.9. The van der Waals surface area contributed by atoms with Crippen LogP contribution in [0.5, 0.6) is 0 Å². The summed E-state index contributed by atoms with van der Waals surface area (Å²) in [5.41, 5.74) is 7.24. The minimum Gasteiger partial charge on any atom is -0.352 e. The lowest BCUT2D eigenvalue weighted by Crippen LogP contribution is -2.22. The van der Waals surface area contributed by atoms with Gasteiger partial charge >= 0.3 is 0 Å². The molecule has 5 nitrogen and oxygen atoms in total. The Kier molecular flexibility index (Phi) is 5.67. The van der Waals surface area contributed by atoms with Gasteiger partial charge in [0.1, 0.15) is 0 Å². The molecule has 0 unspecified atom stereocenters. The molecule has 0 saturated heterocycles. The van der Waals surface area contributed by atoms with E-state index in [4.69, 9.17) is 33.2 Å². The second-order valence-corrected chi connectivity index (χ2v) is 9.71. The zero-order valence-electron chi connectivity index (χ0n) is 19.2. The monoisotopic (exact) mass is 499 g/mol. The van der Waals surface area contributed by atoms with Crippen molar-refractivity contribution >= 4 is 45.6 Å². The molecule has 3 aromatic rings. The van der Waals surface area contributed by atoms with Gasteiger partial charge in [0.05, 0.1) is 61.6 Å². The zero-order chi connectivity index (χ0) is 23.9. The van der Waals surface area contributed by atoms with Crippen molar-refractivity contribution in [3.05, 3.63) is 94.0 Å². The highest BCUT2D eigenvalue weighted by molar-refractivity contribution is 6.35. The molecule has 0 bridgehead atoms. The molecule has 174 valence electrons. The topological polar surface area (TPSA) is 55.1 Å². The minimum absolute atomic E-state index is 0.337. The van der Waals surface area contributed by atoms with Crippen LogP contribution in [0.4, 0.5) is 11.4 Å². The first-order chi connectivity index (χ1) is 17.1. The van der Waals surface area contributed by atoms with Crippen molar-refractivity contribution in [3.63, 3.8) is 0 Å². The molecule has 1 fully saturated rings. The summed E-state index contributed by atoms with van der Waals surface area (Å²) < 4.78 is 2.15. The first-order valence-corrected chi connectivity index (χ1v) is 12.5. The van der Waals surface area contributed by atoms with Crippen molar-refractivity contribution < 1.29 is 0 Å². The highest BCUT2D eigenvalue weighted by Crippen LogP contribution is 2.34. The highest BCUT2D eigenvalue weighted by Gasteiger charge is 2.20. The molecule has 2 aromatic carbocycles. The van der Waals surface area contributed by atoms with Gasteiger partial charge in [-0.3, -0.25) is 9.98 Å². The molecule has 1 aliphatic heterocycles. The molecule has 2 heterocycles. The van der Waals surface area contributed by atoms with Crippen molar-refractivity contribution in [2.24, 2.45) is 4.99 Å². The average molecular weight is 500 g/mol. The maximum absolute atomic E-state index is 6.71. The third-order valence-corrected chi connectivity index (χ3v) is 7.06. The lowest BCUT2D eigenvalue weighted by Gasteiger charge is -2.23. The van der Waals surface area contributed by atoms with Crippen LogP contribution in [0.25, 0.3) is 28.1 Å². The first-order valence-electron chi connectivity index (χ1n) is 11.7. The van der Waals surface area contributed by atoms with Crippen molar-refractivity contribution in [1.29, 1.82) is 0 Å². The zero-order valence-corrected chi connectivity index (χ0v) is 20.7. The Morgan fingerprint density at radius 1 is 0.971 bits per heavy atom. The molecule has 7 heteroatoms. The Hall–Kier alpha value is -3.41. The van der Waals surface area contributed by atoms with Gasteiger partial charge < -0.3 is 9.88 Å². The molecule has 35 heavy (non-hydrogen) atoms. The van der Waals surface area contributed by atoms with Crippen LogP contribution in [-0.4, -0.2) is 20.6 Å². The molecule has 1 saturated carbocycles.